The number of nitrogens with two attached hydrogens (primary N) is 1. The molecule has 0 fully saturated rings. The highest BCUT2D eigenvalue weighted by molar-refractivity contribution is 5.88. The number of carbonyl (C=O) groups is 1. The van der Waals surface area contributed by atoms with Crippen molar-refractivity contribution in [3.05, 3.63) is 47.0 Å². The van der Waals surface area contributed by atoms with E-state index in [1.807, 2.05) is 0 Å². The maximum atomic E-state index is 13.3. The summed E-state index contributed by atoms with van der Waals surface area (Å²) >= 11 is 0. The van der Waals surface area contributed by atoms with E-state index < -0.39 is 17.5 Å². The molecule has 1 aromatic heterocycles. The minimum atomic E-state index is -0.780. The molecule has 1 heterocycles. The van der Waals surface area contributed by atoms with E-state index in [-0.39, 0.29) is 23.6 Å². The van der Waals surface area contributed by atoms with Gasteiger partial charge in [-0.15, -0.1) is 10.2 Å². The zero-order chi connectivity index (χ0) is 12.4. The monoisotopic (exact) mass is 238 g/mol. The third kappa shape index (κ3) is 2.27. The molecule has 3 N–H and O–H groups in total. The summed E-state index contributed by atoms with van der Waals surface area (Å²) < 4.78 is 26.6. The summed E-state index contributed by atoms with van der Waals surface area (Å²) in [5, 5.41) is 7.02. The fourth-order valence-electron chi connectivity index (χ4n) is 1.36. The molecule has 0 aliphatic carbocycles. The Morgan fingerprint density at radius 3 is 2.47 bits per heavy atom. The molecule has 1 aromatic carbocycles. The summed E-state index contributed by atoms with van der Waals surface area (Å²) in [6, 6.07) is 3.55. The number of carbonyl (C=O) groups excluding carboxylic acids is 1. The number of rotatable bonds is 3. The van der Waals surface area contributed by atoms with Crippen LogP contribution in [0.3, 0.4) is 0 Å². The minimum absolute atomic E-state index is 0.126. The lowest BCUT2D eigenvalue weighted by Gasteiger charge is -2.01. The number of halogens is 2. The van der Waals surface area contributed by atoms with Gasteiger partial charge in [0.1, 0.15) is 17.5 Å². The van der Waals surface area contributed by atoms with E-state index in [9.17, 15) is 13.6 Å². The number of aromatic amines is 1. The van der Waals surface area contributed by atoms with Gasteiger partial charge in [0.05, 0.1) is 0 Å². The van der Waals surface area contributed by atoms with E-state index in [4.69, 9.17) is 5.73 Å². The van der Waals surface area contributed by atoms with Gasteiger partial charge in [-0.05, 0) is 12.1 Å². The first-order valence-electron chi connectivity index (χ1n) is 4.72. The molecule has 0 saturated carbocycles. The molecule has 0 aliphatic rings. The molecule has 0 saturated heterocycles. The number of aromatic nitrogens is 3. The van der Waals surface area contributed by atoms with Crippen molar-refractivity contribution in [2.24, 2.45) is 5.73 Å². The third-order valence-corrected chi connectivity index (χ3v) is 2.17. The molecule has 1 amide bonds. The summed E-state index contributed by atoms with van der Waals surface area (Å²) in [5.41, 5.74) is 4.82. The van der Waals surface area contributed by atoms with Gasteiger partial charge in [-0.2, -0.15) is 0 Å². The largest absolute Gasteiger partial charge is 0.363 e. The Morgan fingerprint density at radius 1 is 1.29 bits per heavy atom. The number of primary amides is 1. The number of hydrogen-bond acceptors (Lipinski definition) is 3. The molecule has 2 rings (SSSR count). The molecule has 2 aromatic rings. The van der Waals surface area contributed by atoms with Crippen molar-refractivity contribution in [3.63, 3.8) is 0 Å². The quantitative estimate of drug-likeness (QED) is 0.828. The predicted molar refractivity (Wildman–Crippen MR) is 54.1 cm³/mol. The van der Waals surface area contributed by atoms with Crippen LogP contribution in [-0.2, 0) is 6.42 Å². The second-order valence-electron chi connectivity index (χ2n) is 3.36. The molecule has 0 aliphatic heterocycles. The maximum absolute atomic E-state index is 13.3. The molecule has 0 bridgehead atoms. The van der Waals surface area contributed by atoms with Gasteiger partial charge in [-0.3, -0.25) is 4.79 Å². The molecule has 5 nitrogen and oxygen atoms in total. The van der Waals surface area contributed by atoms with Crippen molar-refractivity contribution in [1.29, 1.82) is 0 Å². The van der Waals surface area contributed by atoms with Crippen LogP contribution in [0.2, 0.25) is 0 Å². The Kier molecular flexibility index (Phi) is 2.82. The predicted octanol–water partition coefficient (Wildman–Crippen LogP) is 0.773. The fourth-order valence-corrected chi connectivity index (χ4v) is 1.36. The van der Waals surface area contributed by atoms with E-state index in [0.29, 0.717) is 0 Å². The van der Waals surface area contributed by atoms with E-state index in [1.54, 1.807) is 0 Å². The summed E-state index contributed by atoms with van der Waals surface area (Å²) in [7, 11) is 0. The third-order valence-electron chi connectivity index (χ3n) is 2.17. The highest BCUT2D eigenvalue weighted by atomic mass is 19.1. The molecule has 17 heavy (non-hydrogen) atoms. The first-order chi connectivity index (χ1) is 8.08. The summed E-state index contributed by atoms with van der Waals surface area (Å²) in [4.78, 5) is 13.2. The number of hydrogen-bond donors (Lipinski definition) is 2. The Bertz CT molecular complexity index is 547. The molecule has 88 valence electrons. The van der Waals surface area contributed by atoms with Gasteiger partial charge in [-0.1, -0.05) is 6.07 Å². The van der Waals surface area contributed by atoms with Crippen LogP contribution in [0.15, 0.2) is 18.2 Å². The van der Waals surface area contributed by atoms with Crippen LogP contribution in [-0.4, -0.2) is 21.1 Å². The number of amides is 1. The Hall–Kier alpha value is -2.31. The molecular weight excluding hydrogens is 230 g/mol. The first-order valence-corrected chi connectivity index (χ1v) is 4.72. The van der Waals surface area contributed by atoms with E-state index in [1.165, 1.54) is 6.07 Å². The number of H-pyrrole nitrogens is 1. The van der Waals surface area contributed by atoms with Crippen molar-refractivity contribution in [2.75, 3.05) is 0 Å². The summed E-state index contributed by atoms with van der Waals surface area (Å²) in [6.45, 7) is 0. The smallest absolute Gasteiger partial charge is 0.286 e. The van der Waals surface area contributed by atoms with Crippen LogP contribution < -0.4 is 5.73 Å². The molecule has 0 spiro atoms. The van der Waals surface area contributed by atoms with Gasteiger partial charge in [0.2, 0.25) is 5.82 Å². The Labute approximate surface area is 94.7 Å². The van der Waals surface area contributed by atoms with Gasteiger partial charge in [0.25, 0.3) is 5.91 Å². The Balaban J connectivity index is 2.28. The zero-order valence-electron chi connectivity index (χ0n) is 8.58. The lowest BCUT2D eigenvalue weighted by molar-refractivity contribution is 0.0991. The lowest BCUT2D eigenvalue weighted by Crippen LogP contribution is -2.12. The van der Waals surface area contributed by atoms with Crippen molar-refractivity contribution < 1.29 is 13.6 Å². The first kappa shape index (κ1) is 11.2. The van der Waals surface area contributed by atoms with Crippen molar-refractivity contribution in [1.82, 2.24) is 15.2 Å². The van der Waals surface area contributed by atoms with Crippen LogP contribution >= 0.6 is 0 Å². The molecule has 0 unspecified atom stereocenters. The minimum Gasteiger partial charge on any atom is -0.363 e. The van der Waals surface area contributed by atoms with Crippen molar-refractivity contribution >= 4 is 5.91 Å². The van der Waals surface area contributed by atoms with E-state index in [2.05, 4.69) is 15.2 Å². The average molecular weight is 238 g/mol. The molecule has 0 atom stereocenters. The van der Waals surface area contributed by atoms with Crippen LogP contribution in [0.4, 0.5) is 8.78 Å². The number of nitrogens with zero attached hydrogens (tertiary/aromatic N) is 2. The molecule has 7 heteroatoms. The van der Waals surface area contributed by atoms with Crippen LogP contribution in [0.5, 0.6) is 0 Å². The van der Waals surface area contributed by atoms with Crippen molar-refractivity contribution in [2.45, 2.75) is 6.42 Å². The van der Waals surface area contributed by atoms with Gasteiger partial charge in [0.15, 0.2) is 0 Å². The van der Waals surface area contributed by atoms with Crippen molar-refractivity contribution in [3.8, 4) is 0 Å². The standard InChI is InChI=1S/C10H8F2N4O/c11-6-2-1-3-7(12)5(6)4-8-14-10(9(13)17)16-15-8/h1-3H,4H2,(H2,13,17)(H,14,15,16). The average Bonchev–Trinajstić information content (AvgIpc) is 2.72. The van der Waals surface area contributed by atoms with Gasteiger partial charge >= 0.3 is 0 Å². The van der Waals surface area contributed by atoms with Crippen LogP contribution in [0.25, 0.3) is 0 Å². The van der Waals surface area contributed by atoms with Gasteiger partial charge < -0.3 is 10.7 Å². The SMILES string of the molecule is NC(=O)c1nnc(Cc2c(F)cccc2F)[nH]1. The van der Waals surface area contributed by atoms with Gasteiger partial charge in [-0.25, -0.2) is 8.78 Å². The van der Waals surface area contributed by atoms with Crippen LogP contribution in [0.1, 0.15) is 22.0 Å². The zero-order valence-corrected chi connectivity index (χ0v) is 8.58. The molecular formula is C10H8F2N4O. The van der Waals surface area contributed by atoms with Gasteiger partial charge in [0, 0.05) is 12.0 Å². The second kappa shape index (κ2) is 4.28. The maximum Gasteiger partial charge on any atom is 0.286 e. The fraction of sp³-hybridized carbons (Fsp3) is 0.100. The normalized spacial score (nSPS) is 10.5. The van der Waals surface area contributed by atoms with E-state index >= 15 is 0 Å². The topological polar surface area (TPSA) is 84.7 Å². The summed E-state index contributed by atoms with van der Waals surface area (Å²) in [6.07, 6.45) is -0.126. The second-order valence-corrected chi connectivity index (χ2v) is 3.36. The highest BCUT2D eigenvalue weighted by Gasteiger charge is 2.13. The summed E-state index contributed by atoms with van der Waals surface area (Å²) in [5.74, 6) is -2.11. The number of nitrogens with one attached hydrogen (secondary N) is 1. The van der Waals surface area contributed by atoms with Crippen LogP contribution in [0, 0.1) is 11.6 Å². The number of benzene rings is 1. The van der Waals surface area contributed by atoms with E-state index in [0.717, 1.165) is 12.1 Å². The lowest BCUT2D eigenvalue weighted by atomic mass is 10.1. The molecule has 0 radical (unpaired) electrons. The Morgan fingerprint density at radius 2 is 1.94 bits per heavy atom. The highest BCUT2D eigenvalue weighted by Crippen LogP contribution is 2.14.